The van der Waals surface area contributed by atoms with Crippen LogP contribution < -0.4 is 15.8 Å². The Morgan fingerprint density at radius 2 is 1.89 bits per heavy atom. The number of rotatable bonds is 4. The summed E-state index contributed by atoms with van der Waals surface area (Å²) in [6.07, 6.45) is 1.37. The summed E-state index contributed by atoms with van der Waals surface area (Å²) < 4.78 is 5.29. The van der Waals surface area contributed by atoms with Crippen molar-refractivity contribution < 1.29 is 4.74 Å². The first-order valence-corrected chi connectivity index (χ1v) is 6.32. The predicted molar refractivity (Wildman–Crippen MR) is 77.4 cm³/mol. The summed E-state index contributed by atoms with van der Waals surface area (Å²) in [5.74, 6) is 0.782. The molecule has 0 unspecified atom stereocenters. The lowest BCUT2D eigenvalue weighted by atomic mass is 10.3. The Hall–Kier alpha value is -1.72. The first-order chi connectivity index (χ1) is 9.10. The Labute approximate surface area is 120 Å². The number of hydrogen-bond donors (Lipinski definition) is 2. The molecule has 0 radical (unpaired) electrons. The summed E-state index contributed by atoms with van der Waals surface area (Å²) in [6, 6.07) is 5.08. The van der Waals surface area contributed by atoms with E-state index in [0.717, 1.165) is 0 Å². The zero-order valence-corrected chi connectivity index (χ0v) is 11.7. The summed E-state index contributed by atoms with van der Waals surface area (Å²) >= 11 is 11.8. The van der Waals surface area contributed by atoms with Crippen molar-refractivity contribution in [1.82, 2.24) is 9.97 Å². The number of hydrogen-bond acceptors (Lipinski definition) is 5. The van der Waals surface area contributed by atoms with E-state index in [1.807, 2.05) is 6.92 Å². The van der Waals surface area contributed by atoms with Crippen molar-refractivity contribution in [3.8, 4) is 5.88 Å². The van der Waals surface area contributed by atoms with E-state index in [0.29, 0.717) is 39.7 Å². The maximum absolute atomic E-state index is 5.92. The molecular formula is C12H12Cl2N4O. The second-order valence-corrected chi connectivity index (χ2v) is 4.53. The van der Waals surface area contributed by atoms with E-state index in [1.165, 1.54) is 6.33 Å². The van der Waals surface area contributed by atoms with Crippen LogP contribution in [0.1, 0.15) is 6.92 Å². The summed E-state index contributed by atoms with van der Waals surface area (Å²) in [5.41, 5.74) is 6.93. The predicted octanol–water partition coefficient (Wildman–Crippen LogP) is 3.51. The van der Waals surface area contributed by atoms with Crippen molar-refractivity contribution in [3.05, 3.63) is 34.6 Å². The van der Waals surface area contributed by atoms with E-state index >= 15 is 0 Å². The van der Waals surface area contributed by atoms with Crippen LogP contribution in [0, 0.1) is 0 Å². The molecule has 5 nitrogen and oxygen atoms in total. The smallest absolute Gasteiger partial charge is 0.242 e. The van der Waals surface area contributed by atoms with Crippen LogP contribution in [-0.4, -0.2) is 16.6 Å². The van der Waals surface area contributed by atoms with E-state index < -0.39 is 0 Å². The molecule has 0 saturated carbocycles. The maximum atomic E-state index is 5.92. The van der Waals surface area contributed by atoms with Gasteiger partial charge in [-0.15, -0.1) is 0 Å². The topological polar surface area (TPSA) is 73.1 Å². The highest BCUT2D eigenvalue weighted by Crippen LogP contribution is 2.29. The maximum Gasteiger partial charge on any atom is 0.242 e. The van der Waals surface area contributed by atoms with Gasteiger partial charge < -0.3 is 15.8 Å². The molecule has 1 aromatic heterocycles. The molecule has 0 aliphatic rings. The van der Waals surface area contributed by atoms with Crippen LogP contribution in [0.25, 0.3) is 0 Å². The molecule has 0 amide bonds. The van der Waals surface area contributed by atoms with Crippen molar-refractivity contribution in [2.45, 2.75) is 6.92 Å². The molecule has 0 bridgehead atoms. The fourth-order valence-corrected chi connectivity index (χ4v) is 2.02. The van der Waals surface area contributed by atoms with Gasteiger partial charge in [0.25, 0.3) is 0 Å². The SMILES string of the molecule is CCOc1ncnc(Nc2cc(Cl)cc(Cl)c2)c1N. The van der Waals surface area contributed by atoms with Crippen LogP contribution in [0.2, 0.25) is 10.0 Å². The number of nitrogens with two attached hydrogens (primary N) is 1. The highest BCUT2D eigenvalue weighted by Gasteiger charge is 2.09. The number of nitrogens with one attached hydrogen (secondary N) is 1. The van der Waals surface area contributed by atoms with E-state index in [9.17, 15) is 0 Å². The lowest BCUT2D eigenvalue weighted by Crippen LogP contribution is -2.05. The van der Waals surface area contributed by atoms with Crippen molar-refractivity contribution in [2.75, 3.05) is 17.7 Å². The van der Waals surface area contributed by atoms with E-state index in [4.69, 9.17) is 33.7 Å². The third-order valence-corrected chi connectivity index (χ3v) is 2.69. The molecule has 0 saturated heterocycles. The molecule has 1 heterocycles. The fourth-order valence-electron chi connectivity index (χ4n) is 1.49. The molecule has 2 aromatic rings. The van der Waals surface area contributed by atoms with Crippen LogP contribution in [0.4, 0.5) is 17.2 Å². The van der Waals surface area contributed by atoms with Crippen LogP contribution in [-0.2, 0) is 0 Å². The molecule has 0 atom stereocenters. The molecule has 0 spiro atoms. The Morgan fingerprint density at radius 1 is 1.21 bits per heavy atom. The van der Waals surface area contributed by atoms with E-state index in [1.54, 1.807) is 18.2 Å². The molecule has 7 heteroatoms. The lowest BCUT2D eigenvalue weighted by Gasteiger charge is -2.11. The van der Waals surface area contributed by atoms with Gasteiger partial charge in [0.2, 0.25) is 5.88 Å². The molecule has 0 aliphatic heterocycles. The average Bonchev–Trinajstić information content (AvgIpc) is 2.33. The fraction of sp³-hybridized carbons (Fsp3) is 0.167. The lowest BCUT2D eigenvalue weighted by molar-refractivity contribution is 0.328. The average molecular weight is 299 g/mol. The number of benzene rings is 1. The Bertz CT molecular complexity index is 572. The van der Waals surface area contributed by atoms with Gasteiger partial charge in [-0.05, 0) is 25.1 Å². The minimum absolute atomic E-state index is 0.334. The minimum atomic E-state index is 0.334. The van der Waals surface area contributed by atoms with Crippen LogP contribution in [0.15, 0.2) is 24.5 Å². The number of nitrogens with zero attached hydrogens (tertiary/aromatic N) is 2. The third-order valence-electron chi connectivity index (χ3n) is 2.25. The Kier molecular flexibility index (Phi) is 4.29. The van der Waals surface area contributed by atoms with Crippen LogP contribution in [0.5, 0.6) is 5.88 Å². The van der Waals surface area contributed by atoms with Gasteiger partial charge in [-0.1, -0.05) is 23.2 Å². The molecule has 2 rings (SSSR count). The third kappa shape index (κ3) is 3.39. The quantitative estimate of drug-likeness (QED) is 0.903. The largest absolute Gasteiger partial charge is 0.476 e. The summed E-state index contributed by atoms with van der Waals surface area (Å²) in [7, 11) is 0. The molecule has 0 fully saturated rings. The van der Waals surface area contributed by atoms with Crippen molar-refractivity contribution >= 4 is 40.4 Å². The van der Waals surface area contributed by atoms with Gasteiger partial charge in [0.15, 0.2) is 5.82 Å². The molecule has 3 N–H and O–H groups in total. The monoisotopic (exact) mass is 298 g/mol. The second-order valence-electron chi connectivity index (χ2n) is 3.66. The Morgan fingerprint density at radius 3 is 2.53 bits per heavy atom. The number of nitrogen functional groups attached to an aromatic ring is 1. The van der Waals surface area contributed by atoms with Crippen molar-refractivity contribution in [1.29, 1.82) is 0 Å². The number of aromatic nitrogens is 2. The summed E-state index contributed by atoms with van der Waals surface area (Å²) in [5, 5.41) is 4.07. The molecule has 1 aromatic carbocycles. The summed E-state index contributed by atoms with van der Waals surface area (Å²) in [4.78, 5) is 8.02. The number of ether oxygens (including phenoxy) is 1. The second kappa shape index (κ2) is 5.95. The van der Waals surface area contributed by atoms with Crippen molar-refractivity contribution in [2.24, 2.45) is 0 Å². The zero-order valence-electron chi connectivity index (χ0n) is 10.2. The zero-order chi connectivity index (χ0) is 13.8. The first kappa shape index (κ1) is 13.7. The highest BCUT2D eigenvalue weighted by molar-refractivity contribution is 6.35. The van der Waals surface area contributed by atoms with Gasteiger partial charge in [0, 0.05) is 15.7 Å². The Balaban J connectivity index is 2.30. The van der Waals surface area contributed by atoms with E-state index in [-0.39, 0.29) is 0 Å². The van der Waals surface area contributed by atoms with Crippen LogP contribution >= 0.6 is 23.2 Å². The van der Waals surface area contributed by atoms with Crippen LogP contribution in [0.3, 0.4) is 0 Å². The molecule has 0 aliphatic carbocycles. The van der Waals surface area contributed by atoms with Crippen molar-refractivity contribution in [3.63, 3.8) is 0 Å². The van der Waals surface area contributed by atoms with Gasteiger partial charge in [-0.25, -0.2) is 4.98 Å². The minimum Gasteiger partial charge on any atom is -0.476 e. The molecule has 19 heavy (non-hydrogen) atoms. The highest BCUT2D eigenvalue weighted by atomic mass is 35.5. The standard InChI is InChI=1S/C12H12Cl2N4O/c1-2-19-12-10(15)11(16-6-17-12)18-9-4-7(13)3-8(14)5-9/h3-6H,2,15H2,1H3,(H,16,17,18). The first-order valence-electron chi connectivity index (χ1n) is 5.56. The molecular weight excluding hydrogens is 287 g/mol. The molecule has 100 valence electrons. The number of halogens is 2. The normalized spacial score (nSPS) is 10.3. The van der Waals surface area contributed by atoms with E-state index in [2.05, 4.69) is 15.3 Å². The van der Waals surface area contributed by atoms with Gasteiger partial charge in [-0.3, -0.25) is 0 Å². The van der Waals surface area contributed by atoms with Gasteiger partial charge >= 0.3 is 0 Å². The van der Waals surface area contributed by atoms with Gasteiger partial charge in [0.1, 0.15) is 12.0 Å². The number of anilines is 3. The van der Waals surface area contributed by atoms with Gasteiger partial charge in [0.05, 0.1) is 6.61 Å². The summed E-state index contributed by atoms with van der Waals surface area (Å²) in [6.45, 7) is 2.33. The van der Waals surface area contributed by atoms with Gasteiger partial charge in [-0.2, -0.15) is 4.98 Å².